The van der Waals surface area contributed by atoms with Gasteiger partial charge in [0.2, 0.25) is 11.9 Å². The Bertz CT molecular complexity index is 255. The summed E-state index contributed by atoms with van der Waals surface area (Å²) in [6.45, 7) is 5.18. The first kappa shape index (κ1) is 12.4. The zero-order valence-corrected chi connectivity index (χ0v) is 8.53. The highest BCUT2D eigenvalue weighted by atomic mass is 16.5. The van der Waals surface area contributed by atoms with E-state index < -0.39 is 12.0 Å². The largest absolute Gasteiger partial charge is 0.464 e. The van der Waals surface area contributed by atoms with Gasteiger partial charge in [0, 0.05) is 5.92 Å². The predicted octanol–water partition coefficient (Wildman–Crippen LogP) is 0.214. The van der Waals surface area contributed by atoms with Gasteiger partial charge >= 0.3 is 5.97 Å². The van der Waals surface area contributed by atoms with Crippen LogP contribution in [0.4, 0.5) is 0 Å². The van der Waals surface area contributed by atoms with Crippen molar-refractivity contribution in [2.45, 2.75) is 26.8 Å². The van der Waals surface area contributed by atoms with Gasteiger partial charge in [0.15, 0.2) is 0 Å². The summed E-state index contributed by atoms with van der Waals surface area (Å²) < 4.78 is 4.60. The number of carbonyl (C=O) groups is 2. The Balaban J connectivity index is 4.24. The first-order valence-corrected chi connectivity index (χ1v) is 4.39. The van der Waals surface area contributed by atoms with Gasteiger partial charge in [0.05, 0.1) is 12.7 Å². The fourth-order valence-electron chi connectivity index (χ4n) is 0.678. The van der Waals surface area contributed by atoms with Crippen molar-refractivity contribution < 1.29 is 14.3 Å². The van der Waals surface area contributed by atoms with Gasteiger partial charge in [0.25, 0.3) is 0 Å². The molecule has 0 bridgehead atoms. The Hall–Kier alpha value is -1.57. The highest BCUT2D eigenvalue weighted by Crippen LogP contribution is 1.94. The topological polar surface area (TPSA) is 79.2 Å². The van der Waals surface area contributed by atoms with Gasteiger partial charge in [-0.05, 0) is 6.92 Å². The second kappa shape index (κ2) is 5.97. The van der Waals surface area contributed by atoms with Crippen LogP contribution in [0.25, 0.3) is 0 Å². The Morgan fingerprint density at radius 3 is 2.43 bits per heavy atom. The van der Waals surface area contributed by atoms with Crippen LogP contribution in [-0.2, 0) is 14.3 Å². The maximum absolute atomic E-state index is 11.2. The number of esters is 1. The molecule has 1 amide bonds. The van der Waals surface area contributed by atoms with Gasteiger partial charge < -0.3 is 10.1 Å². The minimum absolute atomic E-state index is 0.189. The smallest absolute Gasteiger partial charge is 0.343 e. The number of hydrogen-bond acceptors (Lipinski definition) is 4. The predicted molar refractivity (Wildman–Crippen MR) is 49.0 cm³/mol. The van der Waals surface area contributed by atoms with E-state index in [1.54, 1.807) is 26.8 Å². The molecule has 0 radical (unpaired) electrons. The third-order valence-corrected chi connectivity index (χ3v) is 1.46. The summed E-state index contributed by atoms with van der Waals surface area (Å²) in [5, 5.41) is 10.9. The Kier molecular flexibility index (Phi) is 5.30. The molecule has 0 unspecified atom stereocenters. The number of nitriles is 1. The summed E-state index contributed by atoms with van der Waals surface area (Å²) >= 11 is 0. The van der Waals surface area contributed by atoms with Crippen molar-refractivity contribution in [2.24, 2.45) is 5.92 Å². The lowest BCUT2D eigenvalue weighted by molar-refractivity contribution is -0.146. The van der Waals surface area contributed by atoms with Crippen LogP contribution < -0.4 is 5.32 Å². The quantitative estimate of drug-likeness (QED) is 0.655. The van der Waals surface area contributed by atoms with Gasteiger partial charge in [-0.2, -0.15) is 5.26 Å². The molecule has 0 spiro atoms. The van der Waals surface area contributed by atoms with Crippen molar-refractivity contribution in [1.82, 2.24) is 5.32 Å². The molecule has 0 aromatic heterocycles. The van der Waals surface area contributed by atoms with Crippen molar-refractivity contribution in [1.29, 1.82) is 5.26 Å². The Morgan fingerprint density at radius 2 is 2.07 bits per heavy atom. The van der Waals surface area contributed by atoms with E-state index in [0.29, 0.717) is 0 Å². The molecule has 0 saturated heterocycles. The number of ether oxygens (including phenoxy) is 1. The monoisotopic (exact) mass is 198 g/mol. The lowest BCUT2D eigenvalue weighted by Gasteiger charge is -2.11. The molecule has 5 heteroatoms. The van der Waals surface area contributed by atoms with Crippen LogP contribution in [-0.4, -0.2) is 24.5 Å². The van der Waals surface area contributed by atoms with E-state index in [2.05, 4.69) is 10.1 Å². The van der Waals surface area contributed by atoms with Gasteiger partial charge in [-0.15, -0.1) is 0 Å². The fourth-order valence-corrected chi connectivity index (χ4v) is 0.678. The van der Waals surface area contributed by atoms with E-state index in [4.69, 9.17) is 5.26 Å². The van der Waals surface area contributed by atoms with Crippen molar-refractivity contribution in [2.75, 3.05) is 6.61 Å². The van der Waals surface area contributed by atoms with Gasteiger partial charge in [-0.25, -0.2) is 4.79 Å². The molecule has 1 atom stereocenters. The molecule has 0 rings (SSSR count). The molecule has 0 fully saturated rings. The number of rotatable bonds is 4. The van der Waals surface area contributed by atoms with E-state index in [-0.39, 0.29) is 18.4 Å². The Morgan fingerprint density at radius 1 is 1.50 bits per heavy atom. The summed E-state index contributed by atoms with van der Waals surface area (Å²) in [6, 6.07) is 0.462. The molecule has 1 N–H and O–H groups in total. The standard InChI is InChI=1S/C9H14N2O3/c1-4-14-9(13)7(5-10)11-8(12)6(2)3/h6-7H,4H2,1-3H3,(H,11,12)/t7-/m0/s1. The van der Waals surface area contributed by atoms with Crippen LogP contribution in [0.15, 0.2) is 0 Å². The van der Waals surface area contributed by atoms with E-state index in [9.17, 15) is 9.59 Å². The molecule has 0 aliphatic carbocycles. The van der Waals surface area contributed by atoms with Crippen LogP contribution in [0.3, 0.4) is 0 Å². The van der Waals surface area contributed by atoms with Crippen LogP contribution >= 0.6 is 0 Å². The van der Waals surface area contributed by atoms with E-state index in [1.165, 1.54) is 0 Å². The lowest BCUT2D eigenvalue weighted by atomic mass is 10.2. The van der Waals surface area contributed by atoms with Crippen LogP contribution in [0.2, 0.25) is 0 Å². The van der Waals surface area contributed by atoms with Gasteiger partial charge in [-0.3, -0.25) is 4.79 Å². The summed E-state index contributed by atoms with van der Waals surface area (Å²) in [4.78, 5) is 22.2. The van der Waals surface area contributed by atoms with Gasteiger partial charge in [0.1, 0.15) is 0 Å². The molecule has 0 aromatic carbocycles. The number of carbonyl (C=O) groups excluding carboxylic acids is 2. The molecule has 5 nitrogen and oxygen atoms in total. The maximum atomic E-state index is 11.2. The zero-order valence-electron chi connectivity index (χ0n) is 8.53. The zero-order chi connectivity index (χ0) is 11.1. The lowest BCUT2D eigenvalue weighted by Crippen LogP contribution is -2.42. The fraction of sp³-hybridized carbons (Fsp3) is 0.667. The van der Waals surface area contributed by atoms with Crippen LogP contribution in [0.1, 0.15) is 20.8 Å². The normalized spacial score (nSPS) is 11.6. The van der Waals surface area contributed by atoms with E-state index in [0.717, 1.165) is 0 Å². The molecular formula is C9H14N2O3. The second-order valence-electron chi connectivity index (χ2n) is 2.98. The van der Waals surface area contributed by atoms with Crippen LogP contribution in [0.5, 0.6) is 0 Å². The summed E-state index contributed by atoms with van der Waals surface area (Å²) in [5.41, 5.74) is 0. The molecular weight excluding hydrogens is 184 g/mol. The third kappa shape index (κ3) is 3.90. The van der Waals surface area contributed by atoms with Crippen molar-refractivity contribution >= 4 is 11.9 Å². The first-order valence-electron chi connectivity index (χ1n) is 4.39. The summed E-state index contributed by atoms with van der Waals surface area (Å²) in [5.74, 6) is -1.33. The minimum atomic E-state index is -1.20. The second-order valence-corrected chi connectivity index (χ2v) is 2.98. The number of nitrogens with one attached hydrogen (secondary N) is 1. The maximum Gasteiger partial charge on any atom is 0.343 e. The number of nitrogens with zero attached hydrogens (tertiary/aromatic N) is 1. The highest BCUT2D eigenvalue weighted by Gasteiger charge is 2.22. The van der Waals surface area contributed by atoms with Crippen molar-refractivity contribution in [3.63, 3.8) is 0 Å². The van der Waals surface area contributed by atoms with Crippen LogP contribution in [0, 0.1) is 17.2 Å². The highest BCUT2D eigenvalue weighted by molar-refractivity contribution is 5.87. The first-order chi connectivity index (χ1) is 6.52. The molecule has 0 aliphatic rings. The van der Waals surface area contributed by atoms with Gasteiger partial charge in [-0.1, -0.05) is 13.8 Å². The molecule has 0 aromatic rings. The molecule has 0 aliphatic heterocycles. The number of amides is 1. The summed E-state index contributed by atoms with van der Waals surface area (Å²) in [6.07, 6.45) is 0. The molecule has 0 heterocycles. The molecule has 14 heavy (non-hydrogen) atoms. The van der Waals surface area contributed by atoms with E-state index in [1.807, 2.05) is 0 Å². The molecule has 0 saturated carbocycles. The molecule has 78 valence electrons. The number of hydrogen-bond donors (Lipinski definition) is 1. The average molecular weight is 198 g/mol. The average Bonchev–Trinajstić information content (AvgIpc) is 2.13. The SMILES string of the molecule is CCOC(=O)[C@H](C#N)NC(=O)C(C)C. The third-order valence-electron chi connectivity index (χ3n) is 1.46. The summed E-state index contributed by atoms with van der Waals surface area (Å²) in [7, 11) is 0. The van der Waals surface area contributed by atoms with Crippen molar-refractivity contribution in [3.8, 4) is 6.07 Å². The van der Waals surface area contributed by atoms with E-state index >= 15 is 0 Å². The minimum Gasteiger partial charge on any atom is -0.464 e. The van der Waals surface area contributed by atoms with Crippen molar-refractivity contribution in [3.05, 3.63) is 0 Å². The Labute approximate surface area is 83.0 Å².